The summed E-state index contributed by atoms with van der Waals surface area (Å²) < 4.78 is 16.7. The van der Waals surface area contributed by atoms with Gasteiger partial charge in [-0.25, -0.2) is 0 Å². The van der Waals surface area contributed by atoms with Crippen molar-refractivity contribution in [3.8, 4) is 17.2 Å². The van der Waals surface area contributed by atoms with Gasteiger partial charge in [0.1, 0.15) is 11.5 Å². The molecule has 1 aliphatic heterocycles. The Morgan fingerprint density at radius 1 is 0.925 bits per heavy atom. The molecule has 1 heterocycles. The average Bonchev–Trinajstić information content (AvgIpc) is 3.21. The third kappa shape index (κ3) is 5.47. The molecule has 1 atom stereocenters. The molecule has 0 spiro atoms. The zero-order chi connectivity index (χ0) is 29.1. The summed E-state index contributed by atoms with van der Waals surface area (Å²) >= 11 is 0. The number of benzene rings is 3. The van der Waals surface area contributed by atoms with E-state index < -0.39 is 17.7 Å². The fourth-order valence-corrected chi connectivity index (χ4v) is 4.71. The molecule has 0 aliphatic carbocycles. The molecule has 210 valence electrons. The van der Waals surface area contributed by atoms with Crippen LogP contribution in [0.4, 0.5) is 11.4 Å². The van der Waals surface area contributed by atoms with Gasteiger partial charge in [0.05, 0.1) is 32.4 Å². The van der Waals surface area contributed by atoms with E-state index >= 15 is 0 Å². The topological polar surface area (TPSA) is 88.5 Å². The highest BCUT2D eigenvalue weighted by atomic mass is 16.5. The third-order valence-corrected chi connectivity index (χ3v) is 6.84. The van der Waals surface area contributed by atoms with Crippen LogP contribution in [0.2, 0.25) is 0 Å². The van der Waals surface area contributed by atoms with Crippen LogP contribution in [0.25, 0.3) is 5.76 Å². The van der Waals surface area contributed by atoms with Crippen molar-refractivity contribution in [2.75, 3.05) is 44.7 Å². The van der Waals surface area contributed by atoms with Gasteiger partial charge in [-0.15, -0.1) is 0 Å². The molecule has 8 heteroatoms. The average molecular weight is 545 g/mol. The van der Waals surface area contributed by atoms with E-state index in [0.29, 0.717) is 46.6 Å². The van der Waals surface area contributed by atoms with Crippen molar-refractivity contribution in [1.82, 2.24) is 0 Å². The largest absolute Gasteiger partial charge is 0.507 e. The van der Waals surface area contributed by atoms with Crippen molar-refractivity contribution in [2.24, 2.45) is 5.92 Å². The van der Waals surface area contributed by atoms with Crippen LogP contribution in [0.1, 0.15) is 36.6 Å². The quantitative estimate of drug-likeness (QED) is 0.209. The molecule has 1 saturated heterocycles. The Balaban J connectivity index is 1.87. The van der Waals surface area contributed by atoms with E-state index in [2.05, 4.69) is 13.8 Å². The molecule has 1 aliphatic rings. The standard InChI is InChI=1S/C32H36N2O6/c1-19(2)18-40-25-14-10-22(16-20(25)3)30(35)28-29(21-8-11-23(12-9-21)33(4)5)34(32(37)31(28)36)24-13-15-26(38-6)27(17-24)39-7/h8-17,19,29,35H,18H2,1-7H3/b30-28+. The number of aliphatic hydroxyl groups excluding tert-OH is 1. The molecule has 1 fully saturated rings. The van der Waals surface area contributed by atoms with E-state index in [1.165, 1.54) is 19.1 Å². The number of nitrogens with zero attached hydrogens (tertiary/aromatic N) is 2. The fourth-order valence-electron chi connectivity index (χ4n) is 4.71. The Labute approximate surface area is 235 Å². The fraction of sp³-hybridized carbons (Fsp3) is 0.312. The Morgan fingerprint density at radius 2 is 1.57 bits per heavy atom. The molecule has 1 N–H and O–H groups in total. The summed E-state index contributed by atoms with van der Waals surface area (Å²) in [6, 6.07) is 16.9. The molecular weight excluding hydrogens is 508 g/mol. The number of methoxy groups -OCH3 is 2. The van der Waals surface area contributed by atoms with E-state index in [-0.39, 0.29) is 11.3 Å². The lowest BCUT2D eigenvalue weighted by molar-refractivity contribution is -0.132. The van der Waals surface area contributed by atoms with Crippen molar-refractivity contribution in [1.29, 1.82) is 0 Å². The molecule has 1 amide bonds. The predicted molar refractivity (Wildman–Crippen MR) is 157 cm³/mol. The molecule has 0 bridgehead atoms. The van der Waals surface area contributed by atoms with Gasteiger partial charge in [-0.2, -0.15) is 0 Å². The van der Waals surface area contributed by atoms with Crippen LogP contribution in [0.3, 0.4) is 0 Å². The molecule has 0 saturated carbocycles. The number of carbonyl (C=O) groups excluding carboxylic acids is 2. The lowest BCUT2D eigenvalue weighted by Gasteiger charge is -2.26. The second kappa shape index (κ2) is 11.7. The molecular formula is C32H36N2O6. The summed E-state index contributed by atoms with van der Waals surface area (Å²) in [7, 11) is 6.89. The predicted octanol–water partition coefficient (Wildman–Crippen LogP) is 5.74. The minimum Gasteiger partial charge on any atom is -0.507 e. The first kappa shape index (κ1) is 28.5. The summed E-state index contributed by atoms with van der Waals surface area (Å²) in [6.07, 6.45) is 0. The number of anilines is 2. The van der Waals surface area contributed by atoms with E-state index in [1.54, 1.807) is 36.4 Å². The summed E-state index contributed by atoms with van der Waals surface area (Å²) in [5.41, 5.74) is 3.32. The van der Waals surface area contributed by atoms with Gasteiger partial charge in [0.15, 0.2) is 11.5 Å². The van der Waals surface area contributed by atoms with E-state index in [0.717, 1.165) is 11.3 Å². The minimum absolute atomic E-state index is 0.00707. The third-order valence-electron chi connectivity index (χ3n) is 6.84. The highest BCUT2D eigenvalue weighted by Gasteiger charge is 2.47. The number of hydrogen-bond acceptors (Lipinski definition) is 7. The van der Waals surface area contributed by atoms with Crippen molar-refractivity contribution in [3.05, 3.63) is 82.9 Å². The Kier molecular flexibility index (Phi) is 8.38. The molecule has 1 unspecified atom stereocenters. The van der Waals surface area contributed by atoms with E-state index in [1.807, 2.05) is 50.2 Å². The van der Waals surface area contributed by atoms with Crippen LogP contribution in [0.15, 0.2) is 66.2 Å². The second-order valence-electron chi connectivity index (χ2n) is 10.4. The van der Waals surface area contributed by atoms with Crippen molar-refractivity contribution in [3.63, 3.8) is 0 Å². The Morgan fingerprint density at radius 3 is 2.15 bits per heavy atom. The maximum atomic E-state index is 13.6. The maximum absolute atomic E-state index is 13.6. The molecule has 3 aromatic carbocycles. The monoisotopic (exact) mass is 544 g/mol. The van der Waals surface area contributed by atoms with Gasteiger partial charge in [-0.3, -0.25) is 14.5 Å². The lowest BCUT2D eigenvalue weighted by Crippen LogP contribution is -2.29. The van der Waals surface area contributed by atoms with Gasteiger partial charge in [-0.05, 0) is 66.4 Å². The number of aliphatic hydroxyl groups is 1. The molecule has 8 nitrogen and oxygen atoms in total. The first-order valence-corrected chi connectivity index (χ1v) is 13.1. The van der Waals surface area contributed by atoms with Crippen LogP contribution in [-0.4, -0.2) is 51.7 Å². The van der Waals surface area contributed by atoms with Crippen LogP contribution < -0.4 is 24.0 Å². The highest BCUT2D eigenvalue weighted by molar-refractivity contribution is 6.51. The summed E-state index contributed by atoms with van der Waals surface area (Å²) in [5.74, 6) is 0.198. The number of aryl methyl sites for hydroxylation is 1. The normalized spacial score (nSPS) is 16.4. The summed E-state index contributed by atoms with van der Waals surface area (Å²) in [6.45, 7) is 6.58. The highest BCUT2D eigenvalue weighted by Crippen LogP contribution is 2.44. The van der Waals surface area contributed by atoms with E-state index in [4.69, 9.17) is 14.2 Å². The van der Waals surface area contributed by atoms with E-state index in [9.17, 15) is 14.7 Å². The SMILES string of the molecule is COc1ccc(N2C(=O)C(=O)/C(=C(/O)c3ccc(OCC(C)C)c(C)c3)C2c2ccc(N(C)C)cc2)cc1OC. The number of amides is 1. The zero-order valence-corrected chi connectivity index (χ0v) is 24.0. The number of rotatable bonds is 9. The van der Waals surface area contributed by atoms with Gasteiger partial charge in [-0.1, -0.05) is 26.0 Å². The van der Waals surface area contributed by atoms with Crippen molar-refractivity contribution >= 4 is 28.8 Å². The molecule has 4 rings (SSSR count). The smallest absolute Gasteiger partial charge is 0.300 e. The first-order valence-electron chi connectivity index (χ1n) is 13.1. The number of carbonyl (C=O) groups is 2. The summed E-state index contributed by atoms with van der Waals surface area (Å²) in [4.78, 5) is 30.5. The number of Topliss-reactive ketones (excluding diaryl/α,β-unsaturated/α-hetero) is 1. The molecule has 3 aromatic rings. The van der Waals surface area contributed by atoms with Gasteiger partial charge in [0.2, 0.25) is 0 Å². The Hall–Kier alpha value is -4.46. The molecule has 40 heavy (non-hydrogen) atoms. The zero-order valence-electron chi connectivity index (χ0n) is 24.0. The lowest BCUT2D eigenvalue weighted by atomic mass is 9.94. The first-order chi connectivity index (χ1) is 19.1. The number of ether oxygens (including phenoxy) is 3. The van der Waals surface area contributed by atoms with Gasteiger partial charge in [0.25, 0.3) is 11.7 Å². The number of ketones is 1. The Bertz CT molecular complexity index is 1440. The maximum Gasteiger partial charge on any atom is 0.300 e. The van der Waals surface area contributed by atoms with Gasteiger partial charge in [0, 0.05) is 37.1 Å². The van der Waals surface area contributed by atoms with Gasteiger partial charge < -0.3 is 24.2 Å². The van der Waals surface area contributed by atoms with Crippen LogP contribution in [-0.2, 0) is 9.59 Å². The second-order valence-corrected chi connectivity index (χ2v) is 10.4. The molecule has 0 aromatic heterocycles. The molecule has 0 radical (unpaired) electrons. The van der Waals surface area contributed by atoms with Crippen molar-refractivity contribution in [2.45, 2.75) is 26.8 Å². The van der Waals surface area contributed by atoms with Crippen LogP contribution >= 0.6 is 0 Å². The summed E-state index contributed by atoms with van der Waals surface area (Å²) in [5, 5.41) is 11.6. The van der Waals surface area contributed by atoms with Crippen LogP contribution in [0, 0.1) is 12.8 Å². The van der Waals surface area contributed by atoms with Crippen molar-refractivity contribution < 1.29 is 28.9 Å². The number of hydrogen-bond donors (Lipinski definition) is 1. The van der Waals surface area contributed by atoms with Gasteiger partial charge >= 0.3 is 0 Å². The minimum atomic E-state index is -0.869. The van der Waals surface area contributed by atoms with Crippen LogP contribution in [0.5, 0.6) is 17.2 Å².